The average Bonchev–Trinajstić information content (AvgIpc) is 3.58. The van der Waals surface area contributed by atoms with Crippen LogP contribution >= 0.6 is 0 Å². The molecule has 1 unspecified atom stereocenters. The smallest absolute Gasteiger partial charge is 0.292 e. The number of aryl methyl sites for hydroxylation is 2. The first-order chi connectivity index (χ1) is 17.4. The Morgan fingerprint density at radius 2 is 2.00 bits per heavy atom. The van der Waals surface area contributed by atoms with Crippen molar-refractivity contribution in [2.75, 3.05) is 17.6 Å². The fourth-order valence-corrected chi connectivity index (χ4v) is 4.75. The Bertz CT molecular complexity index is 1750. The highest BCUT2D eigenvalue weighted by Gasteiger charge is 2.25. The highest BCUT2D eigenvalue weighted by atomic mass is 16.3. The van der Waals surface area contributed by atoms with E-state index in [9.17, 15) is 9.59 Å². The summed E-state index contributed by atoms with van der Waals surface area (Å²) < 4.78 is 7.96. The molecule has 1 aliphatic rings. The third-order valence-electron chi connectivity index (χ3n) is 6.56. The summed E-state index contributed by atoms with van der Waals surface area (Å²) in [7, 11) is 0. The second-order valence-electron chi connectivity index (χ2n) is 9.03. The fraction of sp³-hybridized carbons (Fsp3) is 0.192. The lowest BCUT2D eigenvalue weighted by atomic mass is 10.1. The van der Waals surface area contributed by atoms with Gasteiger partial charge in [0.25, 0.3) is 5.56 Å². The molecule has 0 saturated carbocycles. The van der Waals surface area contributed by atoms with Gasteiger partial charge in [-0.1, -0.05) is 11.6 Å². The second-order valence-corrected chi connectivity index (χ2v) is 9.03. The minimum absolute atomic E-state index is 0.0984. The lowest BCUT2D eigenvalue weighted by molar-refractivity contribution is 0.565. The summed E-state index contributed by atoms with van der Waals surface area (Å²) in [4.78, 5) is 23.5. The Labute approximate surface area is 204 Å². The molecule has 0 amide bonds. The van der Waals surface area contributed by atoms with E-state index in [1.54, 1.807) is 4.68 Å². The zero-order chi connectivity index (χ0) is 25.0. The lowest BCUT2D eigenvalue weighted by Crippen LogP contribution is -2.21. The Morgan fingerprint density at radius 3 is 2.75 bits per heavy atom. The van der Waals surface area contributed by atoms with Crippen LogP contribution in [0.1, 0.15) is 17.5 Å². The van der Waals surface area contributed by atoms with Gasteiger partial charge in [-0.05, 0) is 50.2 Å². The number of rotatable bonds is 4. The topological polar surface area (TPSA) is 144 Å². The van der Waals surface area contributed by atoms with Gasteiger partial charge in [-0.25, -0.2) is 14.6 Å². The number of nitrogen functional groups attached to an aromatic ring is 1. The van der Waals surface area contributed by atoms with Gasteiger partial charge in [-0.15, -0.1) is 0 Å². The summed E-state index contributed by atoms with van der Waals surface area (Å²) in [6.45, 7) is 4.66. The van der Waals surface area contributed by atoms with E-state index in [-0.39, 0.29) is 17.4 Å². The number of aromatic nitrogens is 4. The second kappa shape index (κ2) is 8.14. The number of H-pyrrole nitrogens is 1. The summed E-state index contributed by atoms with van der Waals surface area (Å²) in [5.74, 6) is 2.66. The molecule has 10 heteroatoms. The molecule has 4 heterocycles. The molecule has 5 N–H and O–H groups in total. The van der Waals surface area contributed by atoms with Gasteiger partial charge >= 0.3 is 0 Å². The van der Waals surface area contributed by atoms with Crippen molar-refractivity contribution in [1.29, 1.82) is 0 Å². The van der Waals surface area contributed by atoms with Crippen molar-refractivity contribution < 1.29 is 9.21 Å². The first-order valence-corrected chi connectivity index (χ1v) is 11.5. The van der Waals surface area contributed by atoms with Crippen molar-refractivity contribution in [3.05, 3.63) is 69.6 Å². The lowest BCUT2D eigenvalue weighted by Gasteiger charge is -2.13. The molecule has 0 bridgehead atoms. The number of benzene rings is 2. The van der Waals surface area contributed by atoms with Crippen LogP contribution in [-0.4, -0.2) is 38.5 Å². The van der Waals surface area contributed by atoms with Gasteiger partial charge in [0.05, 0.1) is 16.8 Å². The van der Waals surface area contributed by atoms with E-state index in [1.165, 1.54) is 0 Å². The molecule has 6 rings (SSSR count). The van der Waals surface area contributed by atoms with Crippen molar-refractivity contribution in [2.24, 2.45) is 0 Å². The molecule has 10 nitrogen and oxygen atoms in total. The first-order valence-electron chi connectivity index (χ1n) is 11.5. The zero-order valence-corrected chi connectivity index (χ0v) is 19.7. The minimum Gasteiger partial charge on any atom is -0.454 e. The summed E-state index contributed by atoms with van der Waals surface area (Å²) >= 11 is 0. The van der Waals surface area contributed by atoms with Crippen LogP contribution in [0.3, 0.4) is 0 Å². The van der Waals surface area contributed by atoms with Crippen molar-refractivity contribution in [3.8, 4) is 17.1 Å². The van der Waals surface area contributed by atoms with Crippen LogP contribution in [0.4, 0.5) is 11.5 Å². The predicted molar refractivity (Wildman–Crippen MR) is 138 cm³/mol. The molecule has 1 fully saturated rings. The molecule has 5 aromatic rings. The molecule has 0 aliphatic carbocycles. The van der Waals surface area contributed by atoms with Gasteiger partial charge in [0, 0.05) is 35.6 Å². The van der Waals surface area contributed by atoms with Crippen LogP contribution in [0.2, 0.25) is 0 Å². The van der Waals surface area contributed by atoms with E-state index < -0.39 is 5.56 Å². The number of fused-ring (bicyclic) bond motifs is 2. The van der Waals surface area contributed by atoms with Gasteiger partial charge in [0.2, 0.25) is 0 Å². The molecule has 2 aromatic carbocycles. The van der Waals surface area contributed by atoms with Crippen molar-refractivity contribution >= 4 is 39.3 Å². The third-order valence-corrected chi connectivity index (χ3v) is 6.56. The van der Waals surface area contributed by atoms with Crippen LogP contribution in [0, 0.1) is 13.8 Å². The van der Waals surface area contributed by atoms with Crippen LogP contribution < -0.4 is 21.9 Å². The van der Waals surface area contributed by atoms with Gasteiger partial charge in [-0.2, -0.15) is 10.2 Å². The van der Waals surface area contributed by atoms with Gasteiger partial charge in [0.15, 0.2) is 17.1 Å². The van der Waals surface area contributed by atoms with Crippen molar-refractivity contribution in [3.63, 3.8) is 0 Å². The van der Waals surface area contributed by atoms with Crippen LogP contribution in [0.15, 0.2) is 57.4 Å². The summed E-state index contributed by atoms with van der Waals surface area (Å²) in [5, 5.41) is 18.9. The van der Waals surface area contributed by atoms with E-state index >= 15 is 0 Å². The van der Waals surface area contributed by atoms with Crippen LogP contribution in [0.25, 0.3) is 39.0 Å². The Balaban J connectivity index is 1.49. The van der Waals surface area contributed by atoms with E-state index in [0.29, 0.717) is 35.5 Å². The molecular weight excluding hydrogens is 458 g/mol. The maximum atomic E-state index is 12.6. The number of anilines is 2. The number of nitrogens with one attached hydrogen (secondary N) is 3. The number of aromatic amines is 1. The van der Waals surface area contributed by atoms with Crippen molar-refractivity contribution in [2.45, 2.75) is 26.3 Å². The average molecular weight is 482 g/mol. The molecule has 180 valence electrons. The monoisotopic (exact) mass is 481 g/mol. The predicted octanol–water partition coefficient (Wildman–Crippen LogP) is 3.21. The number of nitrogens with zero attached hydrogens (tertiary/aromatic N) is 3. The minimum atomic E-state index is -0.435. The van der Waals surface area contributed by atoms with Gasteiger partial charge in [0.1, 0.15) is 17.2 Å². The van der Waals surface area contributed by atoms with Crippen molar-refractivity contribution in [1.82, 2.24) is 25.3 Å². The van der Waals surface area contributed by atoms with Crippen LogP contribution in [-0.2, 0) is 4.79 Å². The Kier molecular flexibility index (Phi) is 4.91. The van der Waals surface area contributed by atoms with E-state index in [1.807, 2.05) is 56.2 Å². The zero-order valence-electron chi connectivity index (χ0n) is 19.7. The standard InChI is InChI=1S/C26H23N7O3/c1-13-3-8-20-19(9-13)14(2)24(36-20)23-21-22(26(35)31-30-25(21)27)32-33(23)18-6-4-15(5-7-18)29-16-10-17(12-34)28-11-16/h3-9,16,28-29H,10-11H2,1-2H3,(H2,27,30)(H,31,35). The number of hydrogen-bond donors (Lipinski definition) is 4. The molecule has 0 radical (unpaired) electrons. The Morgan fingerprint density at radius 1 is 1.19 bits per heavy atom. The number of carbonyl (C=O) groups excluding carboxylic acids is 1. The molecular formula is C26H23N7O3. The van der Waals surface area contributed by atoms with E-state index in [0.717, 1.165) is 33.5 Å². The van der Waals surface area contributed by atoms with E-state index in [2.05, 4.69) is 32.0 Å². The maximum Gasteiger partial charge on any atom is 0.292 e. The fourth-order valence-electron chi connectivity index (χ4n) is 4.75. The van der Waals surface area contributed by atoms with E-state index in [4.69, 9.17) is 10.2 Å². The SMILES string of the molecule is Cc1ccc2oc(-c3c4c(N)n[nH]c(=O)c4nn3-c3ccc(NC4CNC(=C=O)C4)cc3)c(C)c2c1. The maximum absolute atomic E-state index is 12.6. The first kappa shape index (κ1) is 21.7. The molecule has 1 saturated heterocycles. The molecule has 1 atom stereocenters. The van der Waals surface area contributed by atoms with Gasteiger partial charge in [-0.3, -0.25) is 4.79 Å². The summed E-state index contributed by atoms with van der Waals surface area (Å²) in [6.07, 6.45) is 0.597. The third kappa shape index (κ3) is 3.43. The summed E-state index contributed by atoms with van der Waals surface area (Å²) in [5.41, 5.74) is 11.5. The normalized spacial score (nSPS) is 15.4. The summed E-state index contributed by atoms with van der Waals surface area (Å²) in [6, 6.07) is 13.7. The molecule has 3 aromatic heterocycles. The molecule has 0 spiro atoms. The molecule has 1 aliphatic heterocycles. The molecule has 36 heavy (non-hydrogen) atoms. The number of nitrogens with two attached hydrogens (primary N) is 1. The van der Waals surface area contributed by atoms with Gasteiger partial charge < -0.3 is 20.8 Å². The van der Waals surface area contributed by atoms with Crippen LogP contribution in [0.5, 0.6) is 0 Å². The largest absolute Gasteiger partial charge is 0.454 e. The quantitative estimate of drug-likeness (QED) is 0.287. The number of hydrogen-bond acceptors (Lipinski definition) is 8. The Hall–Kier alpha value is -4.82. The highest BCUT2D eigenvalue weighted by molar-refractivity contribution is 6.02. The number of furan rings is 1. The highest BCUT2D eigenvalue weighted by Crippen LogP contribution is 2.39.